The summed E-state index contributed by atoms with van der Waals surface area (Å²) >= 11 is 0. The van der Waals surface area contributed by atoms with E-state index >= 15 is 0 Å². The van der Waals surface area contributed by atoms with Crippen LogP contribution < -0.4 is 10.1 Å². The molecule has 0 amide bonds. The van der Waals surface area contributed by atoms with Gasteiger partial charge in [-0.1, -0.05) is 6.07 Å². The van der Waals surface area contributed by atoms with E-state index in [0.717, 1.165) is 11.8 Å². The average Bonchev–Trinajstić information content (AvgIpc) is 3.27. The van der Waals surface area contributed by atoms with Gasteiger partial charge in [0, 0.05) is 12.6 Å². The van der Waals surface area contributed by atoms with Crippen molar-refractivity contribution in [3.05, 3.63) is 47.9 Å². The van der Waals surface area contributed by atoms with Crippen LogP contribution in [0.4, 0.5) is 8.78 Å². The summed E-state index contributed by atoms with van der Waals surface area (Å²) in [5, 5.41) is 3.31. The number of benzene rings is 1. The molecule has 0 aliphatic heterocycles. The second-order valence-electron chi connectivity index (χ2n) is 4.66. The predicted molar refractivity (Wildman–Crippen MR) is 68.3 cm³/mol. The summed E-state index contributed by atoms with van der Waals surface area (Å²) in [5.74, 6) is -2.07. The first-order valence-corrected chi connectivity index (χ1v) is 6.38. The molecule has 6 heteroatoms. The molecule has 0 bridgehead atoms. The van der Waals surface area contributed by atoms with Gasteiger partial charge in [-0.25, -0.2) is 9.37 Å². The molecule has 0 atom stereocenters. The van der Waals surface area contributed by atoms with Gasteiger partial charge in [-0.15, -0.1) is 0 Å². The van der Waals surface area contributed by atoms with Gasteiger partial charge in [0.2, 0.25) is 11.7 Å². The van der Waals surface area contributed by atoms with Crippen LogP contribution in [0.2, 0.25) is 0 Å². The molecular formula is C14H13F2N3O. The van der Waals surface area contributed by atoms with Crippen LogP contribution in [0.3, 0.4) is 0 Å². The lowest BCUT2D eigenvalue weighted by Crippen LogP contribution is -2.16. The van der Waals surface area contributed by atoms with Crippen molar-refractivity contribution in [2.45, 2.75) is 25.4 Å². The molecule has 104 valence electrons. The molecule has 1 aromatic carbocycles. The Morgan fingerprint density at radius 1 is 1.20 bits per heavy atom. The molecule has 0 unspecified atom stereocenters. The highest BCUT2D eigenvalue weighted by atomic mass is 19.2. The minimum atomic E-state index is -1.03. The van der Waals surface area contributed by atoms with Gasteiger partial charge < -0.3 is 10.1 Å². The number of nitrogens with zero attached hydrogens (tertiary/aromatic N) is 2. The molecule has 1 fully saturated rings. The lowest BCUT2D eigenvalue weighted by Gasteiger charge is -2.06. The Kier molecular flexibility index (Phi) is 3.56. The van der Waals surface area contributed by atoms with E-state index in [2.05, 4.69) is 15.3 Å². The SMILES string of the molecule is Fc1cccc(Oc2cnc(CNC3CC3)cn2)c1F. The number of hydrogen-bond donors (Lipinski definition) is 1. The summed E-state index contributed by atoms with van der Waals surface area (Å²) in [5.41, 5.74) is 0.781. The van der Waals surface area contributed by atoms with Crippen molar-refractivity contribution in [3.63, 3.8) is 0 Å². The van der Waals surface area contributed by atoms with Crippen molar-refractivity contribution in [3.8, 4) is 11.6 Å². The minimum Gasteiger partial charge on any atom is -0.434 e. The Hall–Kier alpha value is -2.08. The minimum absolute atomic E-state index is 0.129. The number of rotatable bonds is 5. The number of ether oxygens (including phenoxy) is 1. The van der Waals surface area contributed by atoms with E-state index < -0.39 is 11.6 Å². The van der Waals surface area contributed by atoms with Crippen LogP contribution >= 0.6 is 0 Å². The van der Waals surface area contributed by atoms with Crippen molar-refractivity contribution in [1.29, 1.82) is 0 Å². The molecule has 1 N–H and O–H groups in total. The first-order chi connectivity index (χ1) is 9.72. The van der Waals surface area contributed by atoms with Crippen molar-refractivity contribution >= 4 is 0 Å². The highest BCUT2D eigenvalue weighted by Gasteiger charge is 2.20. The molecule has 2 aromatic rings. The summed E-state index contributed by atoms with van der Waals surface area (Å²) in [6, 6.07) is 4.33. The van der Waals surface area contributed by atoms with Crippen molar-refractivity contribution in [2.75, 3.05) is 0 Å². The summed E-state index contributed by atoms with van der Waals surface area (Å²) in [6.45, 7) is 0.645. The van der Waals surface area contributed by atoms with E-state index in [1.165, 1.54) is 31.2 Å². The van der Waals surface area contributed by atoms with Crippen LogP contribution in [0.25, 0.3) is 0 Å². The normalized spacial score (nSPS) is 14.3. The van der Waals surface area contributed by atoms with Crippen LogP contribution in [0.15, 0.2) is 30.6 Å². The number of nitrogens with one attached hydrogen (secondary N) is 1. The first kappa shape index (κ1) is 12.9. The fourth-order valence-electron chi connectivity index (χ4n) is 1.70. The lowest BCUT2D eigenvalue weighted by molar-refractivity contribution is 0.403. The fourth-order valence-corrected chi connectivity index (χ4v) is 1.70. The highest BCUT2D eigenvalue weighted by molar-refractivity contribution is 5.28. The zero-order valence-corrected chi connectivity index (χ0v) is 10.6. The maximum atomic E-state index is 13.4. The molecule has 0 spiro atoms. The molecule has 0 saturated heterocycles. The Morgan fingerprint density at radius 2 is 2.05 bits per heavy atom. The molecule has 4 nitrogen and oxygen atoms in total. The quantitative estimate of drug-likeness (QED) is 0.913. The number of halogens is 2. The van der Waals surface area contributed by atoms with Crippen LogP contribution in [0.5, 0.6) is 11.6 Å². The lowest BCUT2D eigenvalue weighted by atomic mass is 10.3. The third-order valence-electron chi connectivity index (χ3n) is 2.96. The summed E-state index contributed by atoms with van der Waals surface area (Å²) in [4.78, 5) is 8.19. The molecule has 3 rings (SSSR count). The topological polar surface area (TPSA) is 47.0 Å². The van der Waals surface area contributed by atoms with Crippen molar-refractivity contribution < 1.29 is 13.5 Å². The van der Waals surface area contributed by atoms with Gasteiger partial charge in [0.15, 0.2) is 11.6 Å². The maximum absolute atomic E-state index is 13.4. The average molecular weight is 277 g/mol. The Labute approximate surface area is 114 Å². The predicted octanol–water partition coefficient (Wildman–Crippen LogP) is 2.80. The van der Waals surface area contributed by atoms with Crippen LogP contribution in [-0.2, 0) is 6.54 Å². The fraction of sp³-hybridized carbons (Fsp3) is 0.286. The Bertz CT molecular complexity index is 600. The van der Waals surface area contributed by atoms with E-state index in [1.807, 2.05) is 0 Å². The molecule has 1 aromatic heterocycles. The van der Waals surface area contributed by atoms with E-state index in [-0.39, 0.29) is 11.6 Å². The van der Waals surface area contributed by atoms with Crippen LogP contribution in [0.1, 0.15) is 18.5 Å². The molecule has 1 heterocycles. The second-order valence-corrected chi connectivity index (χ2v) is 4.66. The summed E-state index contributed by atoms with van der Waals surface area (Å²) < 4.78 is 31.6. The molecule has 1 aliphatic carbocycles. The van der Waals surface area contributed by atoms with E-state index in [9.17, 15) is 8.78 Å². The van der Waals surface area contributed by atoms with Gasteiger partial charge in [-0.05, 0) is 25.0 Å². The number of hydrogen-bond acceptors (Lipinski definition) is 4. The standard InChI is InChI=1S/C14H13F2N3O/c15-11-2-1-3-12(14(11)16)20-13-8-18-10(7-19-13)6-17-9-4-5-9/h1-3,7-9,17H,4-6H2. The van der Waals surface area contributed by atoms with E-state index in [0.29, 0.717) is 12.6 Å². The summed E-state index contributed by atoms with van der Waals surface area (Å²) in [6.07, 6.45) is 5.36. The molecular weight excluding hydrogens is 264 g/mol. The van der Waals surface area contributed by atoms with Crippen molar-refractivity contribution in [2.24, 2.45) is 0 Å². The maximum Gasteiger partial charge on any atom is 0.237 e. The zero-order chi connectivity index (χ0) is 13.9. The van der Waals surface area contributed by atoms with Gasteiger partial charge in [0.1, 0.15) is 0 Å². The second kappa shape index (κ2) is 5.50. The van der Waals surface area contributed by atoms with Crippen molar-refractivity contribution in [1.82, 2.24) is 15.3 Å². The van der Waals surface area contributed by atoms with E-state index in [1.54, 1.807) is 6.20 Å². The number of aromatic nitrogens is 2. The zero-order valence-electron chi connectivity index (χ0n) is 10.6. The van der Waals surface area contributed by atoms with E-state index in [4.69, 9.17) is 4.74 Å². The molecule has 1 saturated carbocycles. The molecule has 1 aliphatic rings. The molecule has 20 heavy (non-hydrogen) atoms. The first-order valence-electron chi connectivity index (χ1n) is 6.38. The Morgan fingerprint density at radius 3 is 2.75 bits per heavy atom. The highest BCUT2D eigenvalue weighted by Crippen LogP contribution is 2.24. The Balaban J connectivity index is 1.66. The van der Waals surface area contributed by atoms with Gasteiger partial charge in [0.05, 0.1) is 18.1 Å². The monoisotopic (exact) mass is 277 g/mol. The summed E-state index contributed by atoms with van der Waals surface area (Å²) in [7, 11) is 0. The molecule has 0 radical (unpaired) electrons. The van der Waals surface area contributed by atoms with Gasteiger partial charge in [-0.3, -0.25) is 4.98 Å². The van der Waals surface area contributed by atoms with Gasteiger partial charge >= 0.3 is 0 Å². The van der Waals surface area contributed by atoms with Gasteiger partial charge in [0.25, 0.3) is 0 Å². The van der Waals surface area contributed by atoms with Gasteiger partial charge in [-0.2, -0.15) is 4.39 Å². The largest absolute Gasteiger partial charge is 0.434 e. The van der Waals surface area contributed by atoms with Crippen LogP contribution in [-0.4, -0.2) is 16.0 Å². The third kappa shape index (κ3) is 3.08. The smallest absolute Gasteiger partial charge is 0.237 e. The van der Waals surface area contributed by atoms with Crippen LogP contribution in [0, 0.1) is 11.6 Å². The third-order valence-corrected chi connectivity index (χ3v) is 2.96.